The predicted molar refractivity (Wildman–Crippen MR) is 120 cm³/mol. The minimum Gasteiger partial charge on any atom is -0.497 e. The molecule has 2 heterocycles. The predicted octanol–water partition coefficient (Wildman–Crippen LogP) is 3.98. The normalized spacial score (nSPS) is 14.8. The largest absolute Gasteiger partial charge is 0.497 e. The SMILES string of the molecule is COc1ccc(C(CNC(=O)CCN2CCSC2=O)c2c[nH]c3ccccc23)cc1. The lowest BCUT2D eigenvalue weighted by atomic mass is 9.90. The summed E-state index contributed by atoms with van der Waals surface area (Å²) in [6.07, 6.45) is 2.33. The molecule has 0 saturated carbocycles. The van der Waals surface area contributed by atoms with Crippen molar-refractivity contribution in [2.24, 2.45) is 0 Å². The average molecular weight is 424 g/mol. The summed E-state index contributed by atoms with van der Waals surface area (Å²) in [5.74, 6) is 1.56. The number of nitrogens with zero attached hydrogens (tertiary/aromatic N) is 1. The molecule has 3 aromatic rings. The zero-order valence-electron chi connectivity index (χ0n) is 16.9. The Kier molecular flexibility index (Phi) is 6.28. The van der Waals surface area contributed by atoms with Crippen molar-refractivity contribution in [2.45, 2.75) is 12.3 Å². The molecule has 0 spiro atoms. The number of H-pyrrole nitrogens is 1. The summed E-state index contributed by atoms with van der Waals surface area (Å²) in [4.78, 5) is 29.3. The molecule has 2 amide bonds. The number of rotatable bonds is 8. The maximum absolute atomic E-state index is 12.5. The minimum atomic E-state index is -0.0435. The number of ether oxygens (including phenoxy) is 1. The van der Waals surface area contributed by atoms with E-state index < -0.39 is 0 Å². The van der Waals surface area contributed by atoms with E-state index in [1.807, 2.05) is 48.7 Å². The van der Waals surface area contributed by atoms with Crippen LogP contribution in [0.5, 0.6) is 5.75 Å². The van der Waals surface area contributed by atoms with Gasteiger partial charge >= 0.3 is 0 Å². The maximum Gasteiger partial charge on any atom is 0.281 e. The van der Waals surface area contributed by atoms with E-state index in [0.717, 1.165) is 40.1 Å². The van der Waals surface area contributed by atoms with Crippen LogP contribution in [-0.4, -0.2) is 53.5 Å². The second kappa shape index (κ2) is 9.26. The molecule has 1 aliphatic heterocycles. The number of amides is 2. The van der Waals surface area contributed by atoms with E-state index in [0.29, 0.717) is 19.5 Å². The Balaban J connectivity index is 1.50. The van der Waals surface area contributed by atoms with Crippen molar-refractivity contribution in [1.29, 1.82) is 0 Å². The fourth-order valence-electron chi connectivity index (χ4n) is 3.80. The first-order valence-electron chi connectivity index (χ1n) is 10.0. The number of aromatic amines is 1. The van der Waals surface area contributed by atoms with Gasteiger partial charge in [0.1, 0.15) is 5.75 Å². The number of thioether (sulfide) groups is 1. The Morgan fingerprint density at radius 1 is 1.23 bits per heavy atom. The van der Waals surface area contributed by atoms with Crippen molar-refractivity contribution < 1.29 is 14.3 Å². The zero-order valence-corrected chi connectivity index (χ0v) is 17.7. The first-order chi connectivity index (χ1) is 14.7. The third-order valence-corrected chi connectivity index (χ3v) is 6.36. The molecule has 4 rings (SSSR count). The van der Waals surface area contributed by atoms with Crippen LogP contribution in [0.15, 0.2) is 54.7 Å². The molecule has 156 valence electrons. The molecule has 1 aromatic heterocycles. The number of hydrogen-bond acceptors (Lipinski definition) is 4. The quantitative estimate of drug-likeness (QED) is 0.575. The third kappa shape index (κ3) is 4.46. The van der Waals surface area contributed by atoms with Gasteiger partial charge in [0.05, 0.1) is 7.11 Å². The molecule has 1 unspecified atom stereocenters. The average Bonchev–Trinajstić information content (AvgIpc) is 3.39. The Bertz CT molecular complexity index is 1030. The molecule has 2 aromatic carbocycles. The van der Waals surface area contributed by atoms with Gasteiger partial charge in [-0.2, -0.15) is 0 Å². The van der Waals surface area contributed by atoms with Crippen LogP contribution in [0.2, 0.25) is 0 Å². The number of methoxy groups -OCH3 is 1. The molecule has 1 atom stereocenters. The Hall–Kier alpha value is -2.93. The smallest absolute Gasteiger partial charge is 0.281 e. The van der Waals surface area contributed by atoms with Gasteiger partial charge in [-0.1, -0.05) is 42.1 Å². The number of carbonyl (C=O) groups excluding carboxylic acids is 2. The van der Waals surface area contributed by atoms with E-state index in [4.69, 9.17) is 4.74 Å². The van der Waals surface area contributed by atoms with Crippen LogP contribution in [0, 0.1) is 0 Å². The van der Waals surface area contributed by atoms with Crippen molar-refractivity contribution in [2.75, 3.05) is 32.5 Å². The second-order valence-corrected chi connectivity index (χ2v) is 8.32. The molecule has 0 bridgehead atoms. The number of carbonyl (C=O) groups is 2. The first kappa shape index (κ1) is 20.3. The molecular weight excluding hydrogens is 398 g/mol. The van der Waals surface area contributed by atoms with Crippen LogP contribution in [0.25, 0.3) is 10.9 Å². The summed E-state index contributed by atoms with van der Waals surface area (Å²) < 4.78 is 5.29. The highest BCUT2D eigenvalue weighted by molar-refractivity contribution is 8.13. The number of nitrogens with one attached hydrogen (secondary N) is 2. The molecule has 0 radical (unpaired) electrons. The van der Waals surface area contributed by atoms with Crippen molar-refractivity contribution in [1.82, 2.24) is 15.2 Å². The number of fused-ring (bicyclic) bond motifs is 1. The lowest BCUT2D eigenvalue weighted by Gasteiger charge is -2.19. The van der Waals surface area contributed by atoms with Crippen LogP contribution in [-0.2, 0) is 4.79 Å². The molecule has 2 N–H and O–H groups in total. The van der Waals surface area contributed by atoms with E-state index in [9.17, 15) is 9.59 Å². The van der Waals surface area contributed by atoms with Gasteiger partial charge in [-0.25, -0.2) is 0 Å². The first-order valence-corrected chi connectivity index (χ1v) is 11.0. The highest BCUT2D eigenvalue weighted by Crippen LogP contribution is 2.31. The van der Waals surface area contributed by atoms with Gasteiger partial charge in [0.15, 0.2) is 0 Å². The molecule has 1 aliphatic rings. The fraction of sp³-hybridized carbons (Fsp3) is 0.304. The molecule has 7 heteroatoms. The third-order valence-electron chi connectivity index (χ3n) is 5.47. The Morgan fingerprint density at radius 2 is 2.03 bits per heavy atom. The van der Waals surface area contributed by atoms with E-state index in [-0.39, 0.29) is 17.1 Å². The monoisotopic (exact) mass is 423 g/mol. The van der Waals surface area contributed by atoms with Gasteiger partial charge in [-0.15, -0.1) is 0 Å². The maximum atomic E-state index is 12.5. The van der Waals surface area contributed by atoms with Gasteiger partial charge in [-0.05, 0) is 29.3 Å². The number of benzene rings is 2. The molecule has 0 aliphatic carbocycles. The summed E-state index contributed by atoms with van der Waals surface area (Å²) in [6.45, 7) is 1.67. The summed E-state index contributed by atoms with van der Waals surface area (Å²) >= 11 is 1.32. The highest BCUT2D eigenvalue weighted by atomic mass is 32.2. The molecular formula is C23H25N3O3S. The van der Waals surface area contributed by atoms with Crippen LogP contribution >= 0.6 is 11.8 Å². The van der Waals surface area contributed by atoms with E-state index in [1.54, 1.807) is 12.0 Å². The van der Waals surface area contributed by atoms with Crippen LogP contribution in [0.4, 0.5) is 4.79 Å². The van der Waals surface area contributed by atoms with Crippen molar-refractivity contribution in [3.8, 4) is 5.75 Å². The molecule has 1 saturated heterocycles. The molecule has 6 nitrogen and oxygen atoms in total. The van der Waals surface area contributed by atoms with Gasteiger partial charge in [0.25, 0.3) is 5.24 Å². The topological polar surface area (TPSA) is 74.4 Å². The van der Waals surface area contributed by atoms with Crippen molar-refractivity contribution in [3.05, 3.63) is 65.9 Å². The number of para-hydroxylation sites is 1. The van der Waals surface area contributed by atoms with Gasteiger partial charge in [-0.3, -0.25) is 9.59 Å². The van der Waals surface area contributed by atoms with Gasteiger partial charge < -0.3 is 19.9 Å². The summed E-state index contributed by atoms with van der Waals surface area (Å²) in [5, 5.41) is 4.29. The van der Waals surface area contributed by atoms with Crippen LogP contribution < -0.4 is 10.1 Å². The standard InChI is InChI=1S/C23H25N3O3S/c1-29-17-8-6-16(7-9-17)19(20-15-24-21-5-3-2-4-18(20)21)14-25-22(27)10-11-26-12-13-30-23(26)28/h2-9,15,19,24H,10-14H2,1H3,(H,25,27). The van der Waals surface area contributed by atoms with Crippen molar-refractivity contribution in [3.63, 3.8) is 0 Å². The Morgan fingerprint density at radius 3 is 2.77 bits per heavy atom. The molecule has 1 fully saturated rings. The lowest BCUT2D eigenvalue weighted by Crippen LogP contribution is -2.33. The highest BCUT2D eigenvalue weighted by Gasteiger charge is 2.22. The van der Waals surface area contributed by atoms with Gasteiger partial charge in [0, 0.05) is 54.8 Å². The van der Waals surface area contributed by atoms with Crippen LogP contribution in [0.3, 0.4) is 0 Å². The fourth-order valence-corrected chi connectivity index (χ4v) is 4.65. The minimum absolute atomic E-state index is 0.0000182. The summed E-state index contributed by atoms with van der Waals surface area (Å²) in [7, 11) is 1.65. The summed E-state index contributed by atoms with van der Waals surface area (Å²) in [6, 6.07) is 16.1. The van der Waals surface area contributed by atoms with Gasteiger partial charge in [0.2, 0.25) is 5.91 Å². The zero-order chi connectivity index (χ0) is 20.9. The van der Waals surface area contributed by atoms with Crippen molar-refractivity contribution >= 4 is 33.8 Å². The lowest BCUT2D eigenvalue weighted by molar-refractivity contribution is -0.121. The van der Waals surface area contributed by atoms with Crippen LogP contribution in [0.1, 0.15) is 23.5 Å². The van der Waals surface area contributed by atoms with E-state index in [1.165, 1.54) is 11.8 Å². The Labute approximate surface area is 180 Å². The number of aromatic nitrogens is 1. The van der Waals surface area contributed by atoms with E-state index in [2.05, 4.69) is 16.4 Å². The summed E-state index contributed by atoms with van der Waals surface area (Å²) in [5.41, 5.74) is 3.32. The number of hydrogen-bond donors (Lipinski definition) is 2. The second-order valence-electron chi connectivity index (χ2n) is 7.27. The van der Waals surface area contributed by atoms with E-state index >= 15 is 0 Å². The molecule has 30 heavy (non-hydrogen) atoms.